The second-order valence-electron chi connectivity index (χ2n) is 5.39. The van der Waals surface area contributed by atoms with Crippen LogP contribution in [-0.2, 0) is 22.6 Å². The summed E-state index contributed by atoms with van der Waals surface area (Å²) in [4.78, 5) is 32.1. The summed E-state index contributed by atoms with van der Waals surface area (Å²) in [6.07, 6.45) is 4.51. The van der Waals surface area contributed by atoms with Crippen LogP contribution in [0, 0.1) is 0 Å². The van der Waals surface area contributed by atoms with E-state index in [0.717, 1.165) is 11.4 Å². The van der Waals surface area contributed by atoms with Crippen LogP contribution in [0.15, 0.2) is 6.33 Å². The number of carbonyl (C=O) groups is 2. The highest BCUT2D eigenvalue weighted by molar-refractivity contribution is 5.84. The van der Waals surface area contributed by atoms with Gasteiger partial charge in [0.15, 0.2) is 0 Å². The van der Waals surface area contributed by atoms with Crippen LogP contribution in [0.4, 0.5) is 0 Å². The van der Waals surface area contributed by atoms with E-state index in [1.807, 2.05) is 0 Å². The van der Waals surface area contributed by atoms with E-state index in [0.29, 0.717) is 25.6 Å². The average Bonchev–Trinajstić information content (AvgIpc) is 3.13. The quantitative estimate of drug-likeness (QED) is 0.698. The first-order chi connectivity index (χ1) is 9.65. The number of H-pyrrole nitrogens is 1. The largest absolute Gasteiger partial charge is 0.480 e. The maximum atomic E-state index is 12.2. The molecule has 1 saturated carbocycles. The monoisotopic (exact) mass is 278 g/mol. The SMILES string of the molecule is O=C(O)C1Cc2nc[nH]c2CN1C(=O)CCNC1CC1. The molecule has 1 aromatic rings. The molecule has 20 heavy (non-hydrogen) atoms. The second-order valence-corrected chi connectivity index (χ2v) is 5.39. The van der Waals surface area contributed by atoms with Crippen molar-refractivity contribution in [2.75, 3.05) is 6.54 Å². The van der Waals surface area contributed by atoms with Gasteiger partial charge in [-0.05, 0) is 12.8 Å². The molecule has 108 valence electrons. The number of hydrogen-bond acceptors (Lipinski definition) is 4. The third-order valence-electron chi connectivity index (χ3n) is 3.85. The van der Waals surface area contributed by atoms with E-state index in [2.05, 4.69) is 15.3 Å². The number of carboxylic acids is 1. The van der Waals surface area contributed by atoms with Crippen LogP contribution in [0.5, 0.6) is 0 Å². The molecule has 7 nitrogen and oxygen atoms in total. The molecule has 3 rings (SSSR count). The van der Waals surface area contributed by atoms with Crippen molar-refractivity contribution in [2.24, 2.45) is 0 Å². The third kappa shape index (κ3) is 2.67. The Kier molecular flexibility index (Phi) is 3.43. The minimum atomic E-state index is -0.970. The number of aromatic amines is 1. The van der Waals surface area contributed by atoms with Crippen LogP contribution in [0.25, 0.3) is 0 Å². The summed E-state index contributed by atoms with van der Waals surface area (Å²) in [5.74, 6) is -1.09. The molecular weight excluding hydrogens is 260 g/mol. The zero-order valence-electron chi connectivity index (χ0n) is 11.1. The first kappa shape index (κ1) is 13.1. The smallest absolute Gasteiger partial charge is 0.326 e. The van der Waals surface area contributed by atoms with Gasteiger partial charge in [-0.3, -0.25) is 4.79 Å². The molecule has 2 aliphatic rings. The fourth-order valence-corrected chi connectivity index (χ4v) is 2.53. The van der Waals surface area contributed by atoms with E-state index in [9.17, 15) is 14.7 Å². The molecule has 0 spiro atoms. The molecule has 1 aliphatic carbocycles. The maximum Gasteiger partial charge on any atom is 0.326 e. The van der Waals surface area contributed by atoms with Crippen LogP contribution in [0.2, 0.25) is 0 Å². The van der Waals surface area contributed by atoms with Crippen molar-refractivity contribution in [3.05, 3.63) is 17.7 Å². The zero-order chi connectivity index (χ0) is 14.1. The van der Waals surface area contributed by atoms with Gasteiger partial charge in [-0.15, -0.1) is 0 Å². The first-order valence-electron chi connectivity index (χ1n) is 6.92. The summed E-state index contributed by atoms with van der Waals surface area (Å²) < 4.78 is 0. The summed E-state index contributed by atoms with van der Waals surface area (Å²) in [5, 5.41) is 12.6. The molecule has 0 saturated heterocycles. The highest BCUT2D eigenvalue weighted by Gasteiger charge is 2.35. The van der Waals surface area contributed by atoms with Crippen molar-refractivity contribution in [3.63, 3.8) is 0 Å². The Morgan fingerprint density at radius 3 is 3.00 bits per heavy atom. The normalized spacial score (nSPS) is 21.6. The number of amides is 1. The predicted molar refractivity (Wildman–Crippen MR) is 69.9 cm³/mol. The van der Waals surface area contributed by atoms with Gasteiger partial charge in [-0.2, -0.15) is 0 Å². The van der Waals surface area contributed by atoms with Crippen molar-refractivity contribution < 1.29 is 14.7 Å². The number of aliphatic carboxylic acids is 1. The minimum absolute atomic E-state index is 0.120. The lowest BCUT2D eigenvalue weighted by atomic mass is 10.0. The molecule has 0 aromatic carbocycles. The number of fused-ring (bicyclic) bond motifs is 1. The molecule has 1 unspecified atom stereocenters. The summed E-state index contributed by atoms with van der Waals surface area (Å²) in [6, 6.07) is -0.252. The van der Waals surface area contributed by atoms with Crippen LogP contribution >= 0.6 is 0 Å². The molecular formula is C13H18N4O3. The molecule has 1 aromatic heterocycles. The fourth-order valence-electron chi connectivity index (χ4n) is 2.53. The number of carboxylic acid groups (broad SMARTS) is 1. The van der Waals surface area contributed by atoms with Gasteiger partial charge in [0.2, 0.25) is 5.91 Å². The molecule has 1 atom stereocenters. The van der Waals surface area contributed by atoms with Crippen molar-refractivity contribution in [3.8, 4) is 0 Å². The third-order valence-corrected chi connectivity index (χ3v) is 3.85. The Bertz CT molecular complexity index is 523. The van der Waals surface area contributed by atoms with Gasteiger partial charge in [0, 0.05) is 25.4 Å². The standard InChI is InChI=1S/C13H18N4O3/c18-12(3-4-14-8-1-2-8)17-6-10-9(15-7-16-10)5-11(17)13(19)20/h7-8,11,14H,1-6H2,(H,15,16)(H,19,20). The molecule has 3 N–H and O–H groups in total. The number of hydrogen-bond donors (Lipinski definition) is 3. The van der Waals surface area contributed by atoms with Crippen molar-refractivity contribution in [2.45, 2.75) is 44.3 Å². The predicted octanol–water partition coefficient (Wildman–Crippen LogP) is -0.110. The number of nitrogens with zero attached hydrogens (tertiary/aromatic N) is 2. The van der Waals surface area contributed by atoms with E-state index in [4.69, 9.17) is 0 Å². The minimum Gasteiger partial charge on any atom is -0.480 e. The Hall–Kier alpha value is -1.89. The lowest BCUT2D eigenvalue weighted by Gasteiger charge is -2.32. The zero-order valence-corrected chi connectivity index (χ0v) is 11.1. The van der Waals surface area contributed by atoms with Gasteiger partial charge in [0.05, 0.1) is 24.3 Å². The molecule has 0 bridgehead atoms. The van der Waals surface area contributed by atoms with Gasteiger partial charge in [-0.25, -0.2) is 9.78 Å². The molecule has 7 heteroatoms. The lowest BCUT2D eigenvalue weighted by Crippen LogP contribution is -2.49. The van der Waals surface area contributed by atoms with Gasteiger partial charge >= 0.3 is 5.97 Å². The summed E-state index contributed by atoms with van der Waals surface area (Å²) >= 11 is 0. The number of aromatic nitrogens is 2. The van der Waals surface area contributed by atoms with Crippen molar-refractivity contribution in [1.29, 1.82) is 0 Å². The van der Waals surface area contributed by atoms with Crippen LogP contribution in [0.1, 0.15) is 30.7 Å². The number of rotatable bonds is 5. The Morgan fingerprint density at radius 1 is 1.50 bits per heavy atom. The molecule has 1 amide bonds. The number of imidazole rings is 1. The lowest BCUT2D eigenvalue weighted by molar-refractivity contribution is -0.151. The topological polar surface area (TPSA) is 98.3 Å². The van der Waals surface area contributed by atoms with E-state index in [-0.39, 0.29) is 12.3 Å². The van der Waals surface area contributed by atoms with Crippen LogP contribution in [-0.4, -0.2) is 50.5 Å². The van der Waals surface area contributed by atoms with E-state index in [1.54, 1.807) is 6.33 Å². The molecule has 1 aliphatic heterocycles. The Balaban J connectivity index is 1.65. The summed E-state index contributed by atoms with van der Waals surface area (Å²) in [5.41, 5.74) is 1.59. The van der Waals surface area contributed by atoms with Crippen LogP contribution < -0.4 is 5.32 Å². The Labute approximate surface area is 116 Å². The number of nitrogens with one attached hydrogen (secondary N) is 2. The highest BCUT2D eigenvalue weighted by Crippen LogP contribution is 2.22. The van der Waals surface area contributed by atoms with E-state index in [1.165, 1.54) is 17.7 Å². The van der Waals surface area contributed by atoms with Crippen LogP contribution in [0.3, 0.4) is 0 Å². The molecule has 2 heterocycles. The fraction of sp³-hybridized carbons (Fsp3) is 0.615. The van der Waals surface area contributed by atoms with Crippen molar-refractivity contribution >= 4 is 11.9 Å². The first-order valence-corrected chi connectivity index (χ1v) is 6.92. The van der Waals surface area contributed by atoms with E-state index >= 15 is 0 Å². The van der Waals surface area contributed by atoms with Gasteiger partial charge < -0.3 is 20.3 Å². The van der Waals surface area contributed by atoms with Crippen molar-refractivity contribution in [1.82, 2.24) is 20.2 Å². The number of carbonyl (C=O) groups excluding carboxylic acids is 1. The second kappa shape index (κ2) is 5.24. The highest BCUT2D eigenvalue weighted by atomic mass is 16.4. The Morgan fingerprint density at radius 2 is 2.30 bits per heavy atom. The molecule has 0 radical (unpaired) electrons. The van der Waals surface area contributed by atoms with Gasteiger partial charge in [-0.1, -0.05) is 0 Å². The molecule has 1 fully saturated rings. The maximum absolute atomic E-state index is 12.2. The van der Waals surface area contributed by atoms with Gasteiger partial charge in [0.25, 0.3) is 0 Å². The van der Waals surface area contributed by atoms with Gasteiger partial charge in [0.1, 0.15) is 6.04 Å². The van der Waals surface area contributed by atoms with E-state index < -0.39 is 12.0 Å². The summed E-state index contributed by atoms with van der Waals surface area (Å²) in [7, 11) is 0. The average molecular weight is 278 g/mol. The summed E-state index contributed by atoms with van der Waals surface area (Å²) in [6.45, 7) is 0.913.